The molecular weight excluding hydrogens is 336 g/mol. The van der Waals surface area contributed by atoms with Crippen LogP contribution >= 0.6 is 11.6 Å². The molecule has 4 rings (SSSR count). The average Bonchev–Trinajstić information content (AvgIpc) is 3.05. The molecule has 0 spiro atoms. The Balaban J connectivity index is 1.47. The molecule has 5 N–H and O–H groups in total. The summed E-state index contributed by atoms with van der Waals surface area (Å²) in [5, 5.41) is 4.09. The topological polar surface area (TPSA) is 79.2 Å². The number of carbonyl (C=O) groups is 1. The van der Waals surface area contributed by atoms with Gasteiger partial charge in [0.15, 0.2) is 0 Å². The van der Waals surface area contributed by atoms with Crippen molar-refractivity contribution in [2.75, 3.05) is 6.54 Å². The number of fused-ring (bicyclic) bond motifs is 2. The molecule has 136 valence electrons. The van der Waals surface area contributed by atoms with Gasteiger partial charge in [0.1, 0.15) is 0 Å². The minimum absolute atomic E-state index is 0.0515. The molecule has 1 aromatic rings. The van der Waals surface area contributed by atoms with Crippen LogP contribution in [0.5, 0.6) is 0 Å². The Morgan fingerprint density at radius 1 is 1.24 bits per heavy atom. The van der Waals surface area contributed by atoms with Crippen LogP contribution in [0.1, 0.15) is 43.7 Å². The summed E-state index contributed by atoms with van der Waals surface area (Å²) in [6.07, 6.45) is 5.73. The van der Waals surface area contributed by atoms with E-state index in [4.69, 9.17) is 17.3 Å². The largest absolute Gasteiger partial charge is 0.352 e. The molecule has 6 heteroatoms. The molecule has 25 heavy (non-hydrogen) atoms. The van der Waals surface area contributed by atoms with Crippen LogP contribution in [0.2, 0.25) is 5.02 Å². The first-order valence-corrected chi connectivity index (χ1v) is 9.79. The molecule has 3 fully saturated rings. The van der Waals surface area contributed by atoms with Gasteiger partial charge in [-0.05, 0) is 55.2 Å². The van der Waals surface area contributed by atoms with Crippen LogP contribution in [0.4, 0.5) is 0 Å². The van der Waals surface area contributed by atoms with E-state index in [1.807, 2.05) is 24.3 Å². The van der Waals surface area contributed by atoms with Gasteiger partial charge in [0.05, 0.1) is 12.0 Å². The van der Waals surface area contributed by atoms with Crippen molar-refractivity contribution in [1.29, 1.82) is 0 Å². The van der Waals surface area contributed by atoms with Crippen molar-refractivity contribution in [3.8, 4) is 0 Å². The molecule has 4 unspecified atom stereocenters. The molecule has 1 amide bonds. The summed E-state index contributed by atoms with van der Waals surface area (Å²) in [5.41, 5.74) is 13.6. The number of nitrogens with one attached hydrogen (secondary N) is 3. The summed E-state index contributed by atoms with van der Waals surface area (Å²) in [6, 6.07) is 8.28. The Labute approximate surface area is 154 Å². The van der Waals surface area contributed by atoms with Crippen LogP contribution in [0.25, 0.3) is 0 Å². The van der Waals surface area contributed by atoms with Crippen LogP contribution in [0, 0.1) is 17.8 Å². The van der Waals surface area contributed by atoms with Gasteiger partial charge in [-0.25, -0.2) is 5.43 Å². The van der Waals surface area contributed by atoms with Crippen molar-refractivity contribution in [2.45, 2.75) is 50.2 Å². The molecular formula is C19H27ClN4O. The van der Waals surface area contributed by atoms with Crippen LogP contribution < -0.4 is 21.9 Å². The minimum Gasteiger partial charge on any atom is -0.352 e. The second-order valence-corrected chi connectivity index (χ2v) is 8.32. The standard InChI is InChI=1S/C19H27ClN4O/c20-14-6-2-5-11(7-14)18-16(10-22-24-18)19(25)23-17-12-3-1-4-13(17)9-15(21)8-12/h2,5-7,12-13,15-18,22,24H,1,3-4,8-10,21H2,(H,23,25). The van der Waals surface area contributed by atoms with E-state index in [1.54, 1.807) is 0 Å². The number of rotatable bonds is 3. The number of hydrazine groups is 1. The van der Waals surface area contributed by atoms with Gasteiger partial charge >= 0.3 is 0 Å². The zero-order valence-electron chi connectivity index (χ0n) is 14.4. The first kappa shape index (κ1) is 17.3. The molecule has 2 bridgehead atoms. The van der Waals surface area contributed by atoms with Crippen molar-refractivity contribution in [1.82, 2.24) is 16.2 Å². The summed E-state index contributed by atoms with van der Waals surface area (Å²) in [7, 11) is 0. The van der Waals surface area contributed by atoms with Crippen molar-refractivity contribution in [3.63, 3.8) is 0 Å². The first-order valence-electron chi connectivity index (χ1n) is 9.41. The highest BCUT2D eigenvalue weighted by Crippen LogP contribution is 2.40. The quantitative estimate of drug-likeness (QED) is 0.664. The monoisotopic (exact) mass is 362 g/mol. The first-order chi connectivity index (χ1) is 12.1. The van der Waals surface area contributed by atoms with Crippen molar-refractivity contribution < 1.29 is 4.79 Å². The van der Waals surface area contributed by atoms with Gasteiger partial charge in [-0.15, -0.1) is 0 Å². The van der Waals surface area contributed by atoms with Gasteiger partial charge in [-0.2, -0.15) is 0 Å². The Hall–Kier alpha value is -1.14. The van der Waals surface area contributed by atoms with E-state index in [0.717, 1.165) is 18.4 Å². The number of hydrogen-bond donors (Lipinski definition) is 4. The number of benzene rings is 1. The Morgan fingerprint density at radius 3 is 2.72 bits per heavy atom. The molecule has 1 heterocycles. The summed E-state index contributed by atoms with van der Waals surface area (Å²) >= 11 is 6.12. The Bertz CT molecular complexity index is 626. The van der Waals surface area contributed by atoms with Crippen LogP contribution in [0.15, 0.2) is 24.3 Å². The highest BCUT2D eigenvalue weighted by Gasteiger charge is 2.42. The third-order valence-electron chi connectivity index (χ3n) is 6.21. The summed E-state index contributed by atoms with van der Waals surface area (Å²) < 4.78 is 0. The number of hydrogen-bond acceptors (Lipinski definition) is 4. The Kier molecular flexibility index (Phi) is 5.00. The number of amides is 1. The molecule has 3 aliphatic rings. The molecule has 1 aromatic carbocycles. The number of nitrogens with two attached hydrogens (primary N) is 1. The Morgan fingerprint density at radius 2 is 2.00 bits per heavy atom. The third-order valence-corrected chi connectivity index (χ3v) is 6.45. The third kappa shape index (κ3) is 3.56. The fourth-order valence-corrected chi connectivity index (χ4v) is 5.25. The van der Waals surface area contributed by atoms with Crippen LogP contribution in [-0.4, -0.2) is 24.5 Å². The maximum absolute atomic E-state index is 13.0. The zero-order chi connectivity index (χ0) is 17.4. The summed E-state index contributed by atoms with van der Waals surface area (Å²) in [5.74, 6) is 1.09. The van der Waals surface area contributed by atoms with E-state index in [-0.39, 0.29) is 17.9 Å². The van der Waals surface area contributed by atoms with Gasteiger partial charge in [0.2, 0.25) is 5.91 Å². The maximum atomic E-state index is 13.0. The van der Waals surface area contributed by atoms with Gasteiger partial charge in [0, 0.05) is 23.7 Å². The van der Waals surface area contributed by atoms with E-state index in [9.17, 15) is 4.79 Å². The van der Waals surface area contributed by atoms with Crippen LogP contribution in [-0.2, 0) is 4.79 Å². The number of halogens is 1. The smallest absolute Gasteiger partial charge is 0.226 e. The number of carbonyl (C=O) groups excluding carboxylic acids is 1. The molecule has 0 radical (unpaired) electrons. The minimum atomic E-state index is -0.130. The second-order valence-electron chi connectivity index (χ2n) is 7.88. The highest BCUT2D eigenvalue weighted by atomic mass is 35.5. The van der Waals surface area contributed by atoms with Crippen LogP contribution in [0.3, 0.4) is 0 Å². The highest BCUT2D eigenvalue weighted by molar-refractivity contribution is 6.30. The maximum Gasteiger partial charge on any atom is 0.226 e. The normalized spacial score (nSPS) is 37.7. The van der Waals surface area contributed by atoms with Gasteiger partial charge in [-0.1, -0.05) is 30.2 Å². The zero-order valence-corrected chi connectivity index (χ0v) is 15.1. The SMILES string of the molecule is NC1CC2CCCC(C1)C2NC(=O)C1CNNC1c1cccc(Cl)c1. The van der Waals surface area contributed by atoms with Gasteiger partial charge in [0.25, 0.3) is 0 Å². The molecule has 0 aromatic heterocycles. The molecule has 1 saturated heterocycles. The van der Waals surface area contributed by atoms with Gasteiger partial charge in [-0.3, -0.25) is 10.2 Å². The summed E-state index contributed by atoms with van der Waals surface area (Å²) in [4.78, 5) is 13.0. The van der Waals surface area contributed by atoms with E-state index in [0.29, 0.717) is 35.5 Å². The lowest BCUT2D eigenvalue weighted by Crippen LogP contribution is -2.55. The van der Waals surface area contributed by atoms with E-state index < -0.39 is 0 Å². The fourth-order valence-electron chi connectivity index (χ4n) is 5.05. The van der Waals surface area contributed by atoms with E-state index >= 15 is 0 Å². The average molecular weight is 363 g/mol. The second kappa shape index (κ2) is 7.23. The van der Waals surface area contributed by atoms with Gasteiger partial charge < -0.3 is 11.1 Å². The lowest BCUT2D eigenvalue weighted by molar-refractivity contribution is -0.127. The van der Waals surface area contributed by atoms with Crippen molar-refractivity contribution in [2.24, 2.45) is 23.5 Å². The van der Waals surface area contributed by atoms with Crippen molar-refractivity contribution >= 4 is 17.5 Å². The van der Waals surface area contributed by atoms with Crippen molar-refractivity contribution in [3.05, 3.63) is 34.9 Å². The molecule has 5 nitrogen and oxygen atoms in total. The molecule has 1 aliphatic heterocycles. The molecule has 2 aliphatic carbocycles. The lowest BCUT2D eigenvalue weighted by atomic mass is 9.67. The van der Waals surface area contributed by atoms with E-state index in [1.165, 1.54) is 19.3 Å². The predicted molar refractivity (Wildman–Crippen MR) is 98.8 cm³/mol. The lowest BCUT2D eigenvalue weighted by Gasteiger charge is -2.45. The molecule has 2 saturated carbocycles. The summed E-state index contributed by atoms with van der Waals surface area (Å²) in [6.45, 7) is 0.630. The predicted octanol–water partition coefficient (Wildman–Crippen LogP) is 2.13. The molecule has 4 atom stereocenters. The fraction of sp³-hybridized carbons (Fsp3) is 0.632. The van der Waals surface area contributed by atoms with E-state index in [2.05, 4.69) is 16.2 Å².